The molecule has 0 aliphatic carbocycles. The van der Waals surface area contributed by atoms with Crippen LogP contribution in [0.5, 0.6) is 0 Å². The van der Waals surface area contributed by atoms with Crippen molar-refractivity contribution in [3.63, 3.8) is 0 Å². The van der Waals surface area contributed by atoms with Crippen molar-refractivity contribution >= 4 is 33.6 Å². The van der Waals surface area contributed by atoms with Crippen LogP contribution in [0, 0.1) is 0 Å². The van der Waals surface area contributed by atoms with Crippen LogP contribution in [0.3, 0.4) is 0 Å². The van der Waals surface area contributed by atoms with Crippen LogP contribution >= 0.6 is 27.7 Å². The van der Waals surface area contributed by atoms with Crippen molar-refractivity contribution in [1.82, 2.24) is 5.48 Å². The molecule has 1 amide bonds. The van der Waals surface area contributed by atoms with Gasteiger partial charge in [0, 0.05) is 9.37 Å². The summed E-state index contributed by atoms with van der Waals surface area (Å²) in [5, 5.41) is -0.175. The average Bonchev–Trinajstić information content (AvgIpc) is 2.22. The molecule has 1 aromatic rings. The monoisotopic (exact) mass is 289 g/mol. The number of nitrogens with one attached hydrogen (secondary N) is 1. The third kappa shape index (κ3) is 4.24. The summed E-state index contributed by atoms with van der Waals surface area (Å²) < 4.78 is 1.03. The first-order chi connectivity index (χ1) is 7.13. The molecule has 0 aliphatic rings. The minimum absolute atomic E-state index is 0.134. The van der Waals surface area contributed by atoms with E-state index in [0.29, 0.717) is 0 Å². The second kappa shape index (κ2) is 6.15. The Morgan fingerprint density at radius 2 is 2.07 bits per heavy atom. The number of thioether (sulfide) groups is 1. The van der Waals surface area contributed by atoms with E-state index in [4.69, 9.17) is 0 Å². The van der Waals surface area contributed by atoms with E-state index >= 15 is 0 Å². The molecule has 1 atom stereocenters. The Balaban J connectivity index is 2.54. The first-order valence-electron chi connectivity index (χ1n) is 4.38. The second-order valence-electron chi connectivity index (χ2n) is 2.88. The van der Waals surface area contributed by atoms with Gasteiger partial charge in [-0.15, -0.1) is 11.8 Å². The molecular weight excluding hydrogens is 278 g/mol. The molecule has 1 unspecified atom stereocenters. The Morgan fingerprint density at radius 3 is 2.60 bits per heavy atom. The van der Waals surface area contributed by atoms with Crippen LogP contribution in [0.4, 0.5) is 0 Å². The van der Waals surface area contributed by atoms with E-state index in [2.05, 4.69) is 26.2 Å². The molecule has 0 aliphatic heterocycles. The topological polar surface area (TPSA) is 38.3 Å². The summed E-state index contributed by atoms with van der Waals surface area (Å²) in [5.41, 5.74) is 2.31. The minimum atomic E-state index is -0.175. The zero-order chi connectivity index (χ0) is 11.3. The zero-order valence-electron chi connectivity index (χ0n) is 8.49. The minimum Gasteiger partial charge on any atom is -0.277 e. The number of rotatable bonds is 4. The van der Waals surface area contributed by atoms with Gasteiger partial charge in [0.05, 0.1) is 12.4 Å². The van der Waals surface area contributed by atoms with Gasteiger partial charge in [-0.05, 0) is 31.2 Å². The fourth-order valence-corrected chi connectivity index (χ4v) is 2.08. The summed E-state index contributed by atoms with van der Waals surface area (Å²) >= 11 is 4.84. The van der Waals surface area contributed by atoms with Crippen LogP contribution in [-0.4, -0.2) is 18.3 Å². The van der Waals surface area contributed by atoms with Gasteiger partial charge in [-0.25, -0.2) is 5.48 Å². The standard InChI is InChI=1S/C10H12BrNO2S/c1-7(10(13)12-14-2)15-9-5-3-8(11)4-6-9/h3-7H,1-2H3,(H,12,13). The molecule has 5 heteroatoms. The molecule has 3 nitrogen and oxygen atoms in total. The normalized spacial score (nSPS) is 12.2. The first kappa shape index (κ1) is 12.5. The molecule has 1 aromatic carbocycles. The zero-order valence-corrected chi connectivity index (χ0v) is 10.9. The summed E-state index contributed by atoms with van der Waals surface area (Å²) in [7, 11) is 1.43. The molecule has 1 N–H and O–H groups in total. The van der Waals surface area contributed by atoms with Crippen molar-refractivity contribution in [3.8, 4) is 0 Å². The maximum absolute atomic E-state index is 11.3. The Hall–Kier alpha value is -0.520. The summed E-state index contributed by atoms with van der Waals surface area (Å²) in [6.45, 7) is 1.83. The molecule has 82 valence electrons. The third-order valence-electron chi connectivity index (χ3n) is 1.70. The number of halogens is 1. The van der Waals surface area contributed by atoms with Gasteiger partial charge >= 0.3 is 0 Å². The second-order valence-corrected chi connectivity index (χ2v) is 5.21. The quantitative estimate of drug-likeness (QED) is 0.684. The van der Waals surface area contributed by atoms with Crippen LogP contribution in [-0.2, 0) is 9.63 Å². The van der Waals surface area contributed by atoms with Crippen molar-refractivity contribution in [2.45, 2.75) is 17.1 Å². The summed E-state index contributed by atoms with van der Waals surface area (Å²) in [5.74, 6) is -0.134. The largest absolute Gasteiger partial charge is 0.277 e. The number of carbonyl (C=O) groups excluding carboxylic acids is 1. The molecular formula is C10H12BrNO2S. The van der Waals surface area contributed by atoms with Gasteiger partial charge in [0.25, 0.3) is 5.91 Å². The SMILES string of the molecule is CONC(=O)C(C)Sc1ccc(Br)cc1. The average molecular weight is 290 g/mol. The number of hydroxylamine groups is 1. The molecule has 0 spiro atoms. The van der Waals surface area contributed by atoms with Crippen LogP contribution in [0.2, 0.25) is 0 Å². The smallest absolute Gasteiger partial charge is 0.256 e. The molecule has 15 heavy (non-hydrogen) atoms. The van der Waals surface area contributed by atoms with E-state index in [1.54, 1.807) is 0 Å². The number of hydrogen-bond acceptors (Lipinski definition) is 3. The van der Waals surface area contributed by atoms with Crippen LogP contribution in [0.1, 0.15) is 6.92 Å². The fourth-order valence-electron chi connectivity index (χ4n) is 0.954. The predicted molar refractivity (Wildman–Crippen MR) is 64.6 cm³/mol. The van der Waals surface area contributed by atoms with Crippen LogP contribution in [0.25, 0.3) is 0 Å². The summed E-state index contributed by atoms with van der Waals surface area (Å²) in [6, 6.07) is 7.82. The lowest BCUT2D eigenvalue weighted by molar-refractivity contribution is -0.130. The molecule has 0 bridgehead atoms. The lowest BCUT2D eigenvalue weighted by Gasteiger charge is -2.10. The van der Waals surface area contributed by atoms with E-state index in [9.17, 15) is 4.79 Å². The van der Waals surface area contributed by atoms with Gasteiger partial charge < -0.3 is 0 Å². The first-order valence-corrected chi connectivity index (χ1v) is 6.06. The molecule has 0 saturated heterocycles. The Morgan fingerprint density at radius 1 is 1.47 bits per heavy atom. The molecule has 0 fully saturated rings. The number of amides is 1. The maximum Gasteiger partial charge on any atom is 0.256 e. The van der Waals surface area contributed by atoms with Crippen molar-refractivity contribution in [2.75, 3.05) is 7.11 Å². The van der Waals surface area contributed by atoms with E-state index in [1.807, 2.05) is 31.2 Å². The molecule has 1 rings (SSSR count). The number of hydrogen-bond donors (Lipinski definition) is 1. The van der Waals surface area contributed by atoms with Crippen LogP contribution in [0.15, 0.2) is 33.6 Å². The fraction of sp³-hybridized carbons (Fsp3) is 0.300. The van der Waals surface area contributed by atoms with E-state index in [0.717, 1.165) is 9.37 Å². The predicted octanol–water partition coefficient (Wildman–Crippen LogP) is 2.61. The van der Waals surface area contributed by atoms with Crippen LogP contribution < -0.4 is 5.48 Å². The highest BCUT2D eigenvalue weighted by Gasteiger charge is 2.13. The van der Waals surface area contributed by atoms with Crippen molar-refractivity contribution in [2.24, 2.45) is 0 Å². The van der Waals surface area contributed by atoms with Gasteiger partial charge in [-0.2, -0.15) is 0 Å². The van der Waals surface area contributed by atoms with E-state index in [1.165, 1.54) is 18.9 Å². The highest BCUT2D eigenvalue weighted by Crippen LogP contribution is 2.24. The van der Waals surface area contributed by atoms with Crippen molar-refractivity contribution < 1.29 is 9.63 Å². The Bertz CT molecular complexity index is 329. The highest BCUT2D eigenvalue weighted by atomic mass is 79.9. The highest BCUT2D eigenvalue weighted by molar-refractivity contribution is 9.10. The van der Waals surface area contributed by atoms with Gasteiger partial charge in [0.2, 0.25) is 0 Å². The molecule has 0 saturated carbocycles. The van der Waals surface area contributed by atoms with Gasteiger partial charge in [0.15, 0.2) is 0 Å². The van der Waals surface area contributed by atoms with Gasteiger partial charge in [-0.3, -0.25) is 9.63 Å². The third-order valence-corrected chi connectivity index (χ3v) is 3.34. The van der Waals surface area contributed by atoms with Crippen molar-refractivity contribution in [3.05, 3.63) is 28.7 Å². The van der Waals surface area contributed by atoms with E-state index in [-0.39, 0.29) is 11.2 Å². The van der Waals surface area contributed by atoms with Gasteiger partial charge in [-0.1, -0.05) is 15.9 Å². The summed E-state index contributed by atoms with van der Waals surface area (Å²) in [6.07, 6.45) is 0. The lowest BCUT2D eigenvalue weighted by atomic mass is 10.4. The van der Waals surface area contributed by atoms with E-state index < -0.39 is 0 Å². The number of benzene rings is 1. The Labute approximate surface area is 102 Å². The molecule has 0 radical (unpaired) electrons. The lowest BCUT2D eigenvalue weighted by Crippen LogP contribution is -2.29. The number of carbonyl (C=O) groups is 1. The summed E-state index contributed by atoms with van der Waals surface area (Å²) in [4.78, 5) is 17.0. The Kier molecular flexibility index (Phi) is 5.14. The maximum atomic E-state index is 11.3. The van der Waals surface area contributed by atoms with Crippen molar-refractivity contribution in [1.29, 1.82) is 0 Å². The molecule has 0 aromatic heterocycles. The molecule has 0 heterocycles. The van der Waals surface area contributed by atoms with Gasteiger partial charge in [0.1, 0.15) is 0 Å².